The van der Waals surface area contributed by atoms with Crippen LogP contribution in [0.25, 0.3) is 0 Å². The number of carbonyl (C=O) groups is 1. The molecule has 2 nitrogen and oxygen atoms in total. The maximum atomic E-state index is 11.6. The number of rotatable bonds is 4. The molecule has 0 aliphatic rings. The molecule has 1 aromatic carbocycles. The molecule has 1 aromatic rings. The van der Waals surface area contributed by atoms with Gasteiger partial charge in [-0.1, -0.05) is 17.7 Å². The van der Waals surface area contributed by atoms with Crippen LogP contribution in [0.15, 0.2) is 35.3 Å². The number of benzene rings is 1. The highest BCUT2D eigenvalue weighted by Gasteiger charge is 2.08. The molecule has 4 heteroatoms. The summed E-state index contributed by atoms with van der Waals surface area (Å²) in [5.41, 5.74) is 0.587. The Balaban J connectivity index is 2.69. The van der Waals surface area contributed by atoms with Gasteiger partial charge in [-0.05, 0) is 40.5 Å². The van der Waals surface area contributed by atoms with Crippen LogP contribution in [-0.2, 0) is 0 Å². The van der Waals surface area contributed by atoms with E-state index in [-0.39, 0.29) is 5.91 Å². The standard InChI is InChI=1S/C11H11BrClNO/c1-2-3-6-14-11(15)9-5-4-8(13)7-10(9)12/h2,4-5,7H,1,3,6H2,(H,14,15). The Labute approximate surface area is 102 Å². The molecule has 0 unspecified atom stereocenters. The molecule has 0 fully saturated rings. The third-order valence-electron chi connectivity index (χ3n) is 1.81. The summed E-state index contributed by atoms with van der Waals surface area (Å²) in [6.07, 6.45) is 2.52. The predicted octanol–water partition coefficient (Wildman–Crippen LogP) is 3.41. The van der Waals surface area contributed by atoms with E-state index >= 15 is 0 Å². The summed E-state index contributed by atoms with van der Waals surface area (Å²) < 4.78 is 0.700. The Bertz CT molecular complexity index is 379. The van der Waals surface area contributed by atoms with E-state index < -0.39 is 0 Å². The minimum Gasteiger partial charge on any atom is -0.352 e. The van der Waals surface area contributed by atoms with Crippen LogP contribution >= 0.6 is 27.5 Å². The average Bonchev–Trinajstić information content (AvgIpc) is 2.17. The lowest BCUT2D eigenvalue weighted by Gasteiger charge is -2.05. The van der Waals surface area contributed by atoms with Crippen LogP contribution in [0.5, 0.6) is 0 Å². The smallest absolute Gasteiger partial charge is 0.252 e. The van der Waals surface area contributed by atoms with Gasteiger partial charge in [-0.3, -0.25) is 4.79 Å². The zero-order valence-corrected chi connectivity index (χ0v) is 10.4. The molecule has 0 saturated carbocycles. The van der Waals surface area contributed by atoms with Crippen molar-refractivity contribution in [1.29, 1.82) is 0 Å². The van der Waals surface area contributed by atoms with E-state index in [1.807, 2.05) is 0 Å². The highest BCUT2D eigenvalue weighted by Crippen LogP contribution is 2.21. The lowest BCUT2D eigenvalue weighted by atomic mass is 10.2. The molecule has 0 atom stereocenters. The molecule has 0 aliphatic heterocycles. The van der Waals surface area contributed by atoms with Crippen molar-refractivity contribution in [2.45, 2.75) is 6.42 Å². The van der Waals surface area contributed by atoms with Gasteiger partial charge in [0.25, 0.3) is 5.91 Å². The van der Waals surface area contributed by atoms with Crippen molar-refractivity contribution in [3.63, 3.8) is 0 Å². The third-order valence-corrected chi connectivity index (χ3v) is 2.70. The summed E-state index contributed by atoms with van der Waals surface area (Å²) in [7, 11) is 0. The molecular formula is C11H11BrClNO. The Morgan fingerprint density at radius 1 is 1.60 bits per heavy atom. The van der Waals surface area contributed by atoms with Crippen LogP contribution in [0.1, 0.15) is 16.8 Å². The van der Waals surface area contributed by atoms with Gasteiger partial charge in [-0.25, -0.2) is 0 Å². The van der Waals surface area contributed by atoms with E-state index in [0.29, 0.717) is 21.6 Å². The second-order valence-electron chi connectivity index (χ2n) is 2.96. The first-order valence-electron chi connectivity index (χ1n) is 4.49. The lowest BCUT2D eigenvalue weighted by Crippen LogP contribution is -2.24. The normalized spacial score (nSPS) is 9.73. The number of halogens is 2. The number of amides is 1. The second-order valence-corrected chi connectivity index (χ2v) is 4.25. The largest absolute Gasteiger partial charge is 0.352 e. The van der Waals surface area contributed by atoms with Gasteiger partial charge in [0.15, 0.2) is 0 Å². The van der Waals surface area contributed by atoms with Gasteiger partial charge in [0.05, 0.1) is 5.56 Å². The first kappa shape index (κ1) is 12.3. The van der Waals surface area contributed by atoms with Gasteiger partial charge in [0.1, 0.15) is 0 Å². The van der Waals surface area contributed by atoms with Crippen molar-refractivity contribution in [1.82, 2.24) is 5.32 Å². The van der Waals surface area contributed by atoms with Crippen LogP contribution in [0, 0.1) is 0 Å². The Hall–Kier alpha value is -0.800. The van der Waals surface area contributed by atoms with Crippen molar-refractivity contribution >= 4 is 33.4 Å². The molecule has 80 valence electrons. The van der Waals surface area contributed by atoms with Gasteiger partial charge in [-0.15, -0.1) is 6.58 Å². The maximum Gasteiger partial charge on any atom is 0.252 e. The lowest BCUT2D eigenvalue weighted by molar-refractivity contribution is 0.0953. The van der Waals surface area contributed by atoms with Crippen LogP contribution in [0.3, 0.4) is 0 Å². The molecule has 1 N–H and O–H groups in total. The van der Waals surface area contributed by atoms with E-state index in [0.717, 1.165) is 6.42 Å². The van der Waals surface area contributed by atoms with Crippen molar-refractivity contribution in [3.8, 4) is 0 Å². The summed E-state index contributed by atoms with van der Waals surface area (Å²) in [6.45, 7) is 4.18. The fraction of sp³-hybridized carbons (Fsp3) is 0.182. The number of hydrogen-bond acceptors (Lipinski definition) is 1. The minimum absolute atomic E-state index is 0.111. The van der Waals surface area contributed by atoms with Crippen molar-refractivity contribution in [3.05, 3.63) is 45.9 Å². The fourth-order valence-corrected chi connectivity index (χ4v) is 1.92. The zero-order valence-electron chi connectivity index (χ0n) is 8.09. The molecule has 0 aromatic heterocycles. The van der Waals surface area contributed by atoms with Crippen LogP contribution < -0.4 is 5.32 Å². The Morgan fingerprint density at radius 2 is 2.33 bits per heavy atom. The number of nitrogens with one attached hydrogen (secondary N) is 1. The third kappa shape index (κ3) is 3.68. The first-order valence-corrected chi connectivity index (χ1v) is 5.66. The molecule has 0 aliphatic carbocycles. The zero-order chi connectivity index (χ0) is 11.3. The molecule has 1 rings (SSSR count). The van der Waals surface area contributed by atoms with Gasteiger partial charge >= 0.3 is 0 Å². The molecule has 0 heterocycles. The van der Waals surface area contributed by atoms with E-state index in [4.69, 9.17) is 11.6 Å². The summed E-state index contributed by atoms with van der Waals surface area (Å²) in [5, 5.41) is 3.38. The van der Waals surface area contributed by atoms with Gasteiger partial charge in [0, 0.05) is 16.0 Å². The molecule has 0 bridgehead atoms. The van der Waals surface area contributed by atoms with Gasteiger partial charge < -0.3 is 5.32 Å². The number of carbonyl (C=O) groups excluding carboxylic acids is 1. The monoisotopic (exact) mass is 287 g/mol. The van der Waals surface area contributed by atoms with E-state index in [2.05, 4.69) is 27.8 Å². The molecule has 15 heavy (non-hydrogen) atoms. The first-order chi connectivity index (χ1) is 7.15. The van der Waals surface area contributed by atoms with E-state index in [1.54, 1.807) is 24.3 Å². The molecule has 1 amide bonds. The summed E-state index contributed by atoms with van der Waals surface area (Å²) in [4.78, 5) is 11.6. The number of hydrogen-bond donors (Lipinski definition) is 1. The average molecular weight is 289 g/mol. The van der Waals surface area contributed by atoms with Crippen LogP contribution in [0.2, 0.25) is 5.02 Å². The van der Waals surface area contributed by atoms with E-state index in [1.165, 1.54) is 0 Å². The highest BCUT2D eigenvalue weighted by atomic mass is 79.9. The topological polar surface area (TPSA) is 29.1 Å². The second kappa shape index (κ2) is 5.93. The van der Waals surface area contributed by atoms with Gasteiger partial charge in [-0.2, -0.15) is 0 Å². The Morgan fingerprint density at radius 3 is 2.93 bits per heavy atom. The maximum absolute atomic E-state index is 11.6. The summed E-state index contributed by atoms with van der Waals surface area (Å²) in [5.74, 6) is -0.111. The minimum atomic E-state index is -0.111. The molecule has 0 spiro atoms. The van der Waals surface area contributed by atoms with Crippen molar-refractivity contribution in [2.75, 3.05) is 6.54 Å². The SMILES string of the molecule is C=CCCNC(=O)c1ccc(Cl)cc1Br. The summed E-state index contributed by atoms with van der Waals surface area (Å²) >= 11 is 9.06. The van der Waals surface area contributed by atoms with Crippen molar-refractivity contribution < 1.29 is 4.79 Å². The molecular weight excluding hydrogens is 277 g/mol. The molecule has 0 radical (unpaired) electrons. The fourth-order valence-electron chi connectivity index (χ4n) is 1.06. The predicted molar refractivity (Wildman–Crippen MR) is 66.3 cm³/mol. The molecule has 0 saturated heterocycles. The van der Waals surface area contributed by atoms with Crippen LogP contribution in [0.4, 0.5) is 0 Å². The Kier molecular flexibility index (Phi) is 4.85. The van der Waals surface area contributed by atoms with E-state index in [9.17, 15) is 4.79 Å². The quantitative estimate of drug-likeness (QED) is 0.667. The summed E-state index contributed by atoms with van der Waals surface area (Å²) in [6, 6.07) is 5.08. The van der Waals surface area contributed by atoms with Gasteiger partial charge in [0.2, 0.25) is 0 Å². The van der Waals surface area contributed by atoms with Crippen LogP contribution in [-0.4, -0.2) is 12.5 Å². The highest BCUT2D eigenvalue weighted by molar-refractivity contribution is 9.10. The van der Waals surface area contributed by atoms with Crippen molar-refractivity contribution in [2.24, 2.45) is 0 Å².